The minimum Gasteiger partial charge on any atom is -0.508 e. The van der Waals surface area contributed by atoms with Crippen LogP contribution in [0.2, 0.25) is 0 Å². The van der Waals surface area contributed by atoms with Gasteiger partial charge in [-0.3, -0.25) is 0 Å². The van der Waals surface area contributed by atoms with Gasteiger partial charge in [-0.15, -0.1) is 0 Å². The van der Waals surface area contributed by atoms with Gasteiger partial charge < -0.3 is 29.2 Å². The van der Waals surface area contributed by atoms with Gasteiger partial charge in [0.25, 0.3) is 0 Å². The molecule has 2 N–H and O–H groups in total. The molecule has 3 atom stereocenters. The first-order chi connectivity index (χ1) is 23.9. The monoisotopic (exact) mass is 706 g/mol. The van der Waals surface area contributed by atoms with E-state index in [1.807, 2.05) is 12.1 Å². The van der Waals surface area contributed by atoms with E-state index in [1.165, 1.54) is 13.3 Å². The van der Waals surface area contributed by atoms with Crippen molar-refractivity contribution in [3.8, 4) is 5.75 Å². The summed E-state index contributed by atoms with van der Waals surface area (Å²) in [5.74, 6) is -0.236. The van der Waals surface area contributed by atoms with Gasteiger partial charge in [0.15, 0.2) is 0 Å². The number of esters is 4. The number of ether oxygens (including phenoxy) is 4. The van der Waals surface area contributed by atoms with Gasteiger partial charge in [-0.05, 0) is 114 Å². The van der Waals surface area contributed by atoms with Crippen LogP contribution in [0, 0.1) is 11.8 Å². The Hall–Kier alpha value is -4.44. The lowest BCUT2D eigenvalue weighted by Crippen LogP contribution is -2.60. The number of aliphatic hydroxyl groups is 1. The molecule has 51 heavy (non-hydrogen) atoms. The third kappa shape index (κ3) is 11.8. The van der Waals surface area contributed by atoms with Crippen molar-refractivity contribution >= 4 is 30.0 Å². The van der Waals surface area contributed by atoms with E-state index in [4.69, 9.17) is 19.3 Å². The molecule has 1 aliphatic heterocycles. The van der Waals surface area contributed by atoms with Crippen LogP contribution >= 0.6 is 0 Å². The second-order valence-corrected chi connectivity index (χ2v) is 14.6. The number of rotatable bonds is 8. The van der Waals surface area contributed by atoms with Crippen LogP contribution in [0.5, 0.6) is 5.75 Å². The predicted molar refractivity (Wildman–Crippen MR) is 194 cm³/mol. The number of phenols is 1. The molecule has 1 aromatic carbocycles. The van der Waals surface area contributed by atoms with E-state index >= 15 is 0 Å². The topological polar surface area (TPSA) is 146 Å². The molecule has 0 spiro atoms. The van der Waals surface area contributed by atoms with Crippen molar-refractivity contribution in [2.45, 2.75) is 114 Å². The number of carbonyl (C=O) groups is 4. The van der Waals surface area contributed by atoms with Crippen LogP contribution in [-0.4, -0.2) is 63.6 Å². The van der Waals surface area contributed by atoms with E-state index in [9.17, 15) is 24.3 Å². The second-order valence-electron chi connectivity index (χ2n) is 14.6. The fraction of sp³-hybridized carbons (Fsp3) is 0.512. The Morgan fingerprint density at radius 2 is 1.37 bits per heavy atom. The fourth-order valence-corrected chi connectivity index (χ4v) is 7.55. The zero-order chi connectivity index (χ0) is 38.0. The van der Waals surface area contributed by atoms with Gasteiger partial charge in [0.1, 0.15) is 17.0 Å². The van der Waals surface area contributed by atoms with Crippen molar-refractivity contribution in [2.24, 2.45) is 11.8 Å². The maximum atomic E-state index is 11.7. The van der Waals surface area contributed by atoms with Crippen molar-refractivity contribution in [3.05, 3.63) is 85.5 Å². The molecule has 10 nitrogen and oxygen atoms in total. The lowest BCUT2D eigenvalue weighted by atomic mass is 9.52. The number of hydrogen-bond acceptors (Lipinski definition) is 10. The Bertz CT molecular complexity index is 1480. The Balaban J connectivity index is 0.000000189. The molecule has 0 amide bonds. The van der Waals surface area contributed by atoms with E-state index < -0.39 is 34.8 Å². The number of aromatic hydroxyl groups is 1. The normalized spacial score (nSPS) is 27.3. The number of benzene rings is 1. The van der Waals surface area contributed by atoms with Gasteiger partial charge in [-0.1, -0.05) is 51.1 Å². The van der Waals surface area contributed by atoms with Gasteiger partial charge in [0.2, 0.25) is 6.10 Å². The van der Waals surface area contributed by atoms with Crippen molar-refractivity contribution in [1.82, 2.24) is 0 Å². The van der Waals surface area contributed by atoms with Gasteiger partial charge in [0.05, 0.1) is 12.2 Å². The maximum absolute atomic E-state index is 11.7. The van der Waals surface area contributed by atoms with Crippen LogP contribution in [0.3, 0.4) is 0 Å². The molecule has 10 heteroatoms. The van der Waals surface area contributed by atoms with Crippen LogP contribution in [0.4, 0.5) is 0 Å². The fourth-order valence-electron chi connectivity index (χ4n) is 7.55. The summed E-state index contributed by atoms with van der Waals surface area (Å²) >= 11 is 0. The third-order valence-electron chi connectivity index (χ3n) is 9.71. The molecule has 7 rings (SSSR count). The summed E-state index contributed by atoms with van der Waals surface area (Å²) in [6.45, 7) is 23.1. The molecule has 1 saturated heterocycles. The number of cyclic esters (lactones) is 1. The Kier molecular flexibility index (Phi) is 14.2. The van der Waals surface area contributed by atoms with E-state index in [-0.39, 0.29) is 17.5 Å². The highest BCUT2D eigenvalue weighted by molar-refractivity contribution is 5.90. The van der Waals surface area contributed by atoms with E-state index in [0.29, 0.717) is 48.2 Å². The summed E-state index contributed by atoms with van der Waals surface area (Å²) in [6, 6.07) is 6.89. The van der Waals surface area contributed by atoms with Gasteiger partial charge in [0, 0.05) is 29.6 Å². The first-order valence-corrected chi connectivity index (χ1v) is 17.5. The first-order valence-electron chi connectivity index (χ1n) is 17.5. The summed E-state index contributed by atoms with van der Waals surface area (Å²) in [7, 11) is 0. The molecule has 5 saturated carbocycles. The van der Waals surface area contributed by atoms with Crippen LogP contribution in [0.15, 0.2) is 80.0 Å². The molecule has 3 unspecified atom stereocenters. The van der Waals surface area contributed by atoms with Gasteiger partial charge in [-0.2, -0.15) is 0 Å². The Morgan fingerprint density at radius 1 is 0.843 bits per heavy atom. The zero-order valence-electron chi connectivity index (χ0n) is 30.4. The standard InChI is InChI=1S/C14H20O3.C11H16O2.C8H10O4.C8H8O/c1-9(2)12(15)17-14-6-10-3-11(7-14)5-13(16,4-10)8-14;1-4-11(7-5-6-8-11)13-10(12)9(2)3;1-5(2)7(9)12-6-3-4-11-8(6)10;1-2-7-3-5-8(9)6-4-7/h10-11,16H,1,3-8H2,2H3;4H,1-2,5-8H2,3H3;6H,1,3-4H2,2H3;2-6,9H,1H2. The molecular formula is C41H54O10. The number of hydrogen-bond donors (Lipinski definition) is 2. The highest BCUT2D eigenvalue weighted by atomic mass is 16.6. The molecule has 1 aromatic rings. The SMILES string of the molecule is C=C(C)C(=O)OC12CC3CC(CC(O)(C3)C1)C2.C=C(C)C(=O)OC1CCOC1=O.C=CC1(OC(=O)C(=C)C)CCCC1.C=Cc1ccc(O)cc1. The van der Waals surface area contributed by atoms with E-state index in [1.54, 1.807) is 38.1 Å². The minimum atomic E-state index is -0.728. The van der Waals surface area contributed by atoms with Crippen molar-refractivity contribution in [1.29, 1.82) is 0 Å². The molecule has 0 aromatic heterocycles. The lowest BCUT2D eigenvalue weighted by Gasteiger charge is -2.59. The smallest absolute Gasteiger partial charge is 0.347 e. The van der Waals surface area contributed by atoms with Crippen molar-refractivity contribution in [3.63, 3.8) is 0 Å². The van der Waals surface area contributed by atoms with Crippen LogP contribution in [0.1, 0.15) is 97.0 Å². The van der Waals surface area contributed by atoms with Gasteiger partial charge >= 0.3 is 23.9 Å². The second kappa shape index (κ2) is 17.7. The molecule has 6 aliphatic rings. The largest absolute Gasteiger partial charge is 0.508 e. The molecule has 278 valence electrons. The highest BCUT2D eigenvalue weighted by Gasteiger charge is 2.59. The van der Waals surface area contributed by atoms with Crippen LogP contribution < -0.4 is 0 Å². The quantitative estimate of drug-likeness (QED) is 0.123. The van der Waals surface area contributed by atoms with Crippen molar-refractivity contribution < 1.29 is 48.3 Å². The average Bonchev–Trinajstić information content (AvgIpc) is 3.69. The average molecular weight is 707 g/mol. The van der Waals surface area contributed by atoms with Gasteiger partial charge in [-0.25, -0.2) is 19.2 Å². The molecule has 1 heterocycles. The summed E-state index contributed by atoms with van der Waals surface area (Å²) in [4.78, 5) is 44.7. The van der Waals surface area contributed by atoms with E-state index in [0.717, 1.165) is 56.9 Å². The maximum Gasteiger partial charge on any atom is 0.347 e. The summed E-state index contributed by atoms with van der Waals surface area (Å²) in [5.41, 5.74) is 0.841. The van der Waals surface area contributed by atoms with E-state index in [2.05, 4.69) is 37.6 Å². The first kappa shape index (κ1) is 41.0. The molecule has 6 fully saturated rings. The lowest BCUT2D eigenvalue weighted by molar-refractivity contribution is -0.217. The molecule has 0 radical (unpaired) electrons. The van der Waals surface area contributed by atoms with Crippen molar-refractivity contribution in [2.75, 3.05) is 6.61 Å². The summed E-state index contributed by atoms with van der Waals surface area (Å²) in [6.07, 6.45) is 12.7. The predicted octanol–water partition coefficient (Wildman–Crippen LogP) is 7.25. The summed E-state index contributed by atoms with van der Waals surface area (Å²) in [5, 5.41) is 19.3. The zero-order valence-corrected chi connectivity index (χ0v) is 30.4. The molecular weight excluding hydrogens is 652 g/mol. The summed E-state index contributed by atoms with van der Waals surface area (Å²) < 4.78 is 20.4. The molecule has 5 aliphatic carbocycles. The van der Waals surface area contributed by atoms with Crippen LogP contribution in [0.25, 0.3) is 6.08 Å². The Labute approximate surface area is 301 Å². The minimum absolute atomic E-state index is 0.287. The Morgan fingerprint density at radius 3 is 1.80 bits per heavy atom. The number of phenolic OH excluding ortho intramolecular Hbond substituents is 1. The number of carbonyl (C=O) groups excluding carboxylic acids is 4. The third-order valence-corrected chi connectivity index (χ3v) is 9.71. The molecule has 4 bridgehead atoms. The van der Waals surface area contributed by atoms with Crippen LogP contribution in [-0.2, 0) is 38.1 Å². The highest BCUT2D eigenvalue weighted by Crippen LogP contribution is 2.59.